The topological polar surface area (TPSA) is 466 Å². The van der Waals surface area contributed by atoms with Gasteiger partial charge in [0.15, 0.2) is 6.29 Å². The predicted molar refractivity (Wildman–Crippen MR) is 234 cm³/mol. The molecule has 29 atom stereocenters. The van der Waals surface area contributed by atoms with Crippen LogP contribution in [-0.4, -0.2) is 337 Å². The summed E-state index contributed by atoms with van der Waals surface area (Å²) in [6, 6.07) is 0. The van der Waals surface area contributed by atoms with Crippen LogP contribution in [0.3, 0.4) is 0 Å². The highest BCUT2D eigenvalue weighted by Crippen LogP contribution is 2.33. The van der Waals surface area contributed by atoms with E-state index in [1.807, 2.05) is 0 Å². The first-order chi connectivity index (χ1) is 34.8. The van der Waals surface area contributed by atoms with Crippen LogP contribution in [0.2, 0.25) is 0 Å². The first kappa shape index (κ1) is 61.1. The first-order valence-corrected chi connectivity index (χ1v) is 24.6. The molecule has 29 nitrogen and oxygen atoms in total. The molecule has 6 fully saturated rings. The zero-order chi connectivity index (χ0) is 53.4. The molecule has 29 heteroatoms. The van der Waals surface area contributed by atoms with Gasteiger partial charge in [0.2, 0.25) is 0 Å². The monoisotopic (exact) mass is 1070 g/mol. The molecule has 6 heterocycles. The number of aliphatic hydroxyl groups excluding tert-OH is 18. The van der Waals surface area contributed by atoms with Crippen LogP contribution in [0.1, 0.15) is 6.92 Å². The van der Waals surface area contributed by atoms with Gasteiger partial charge in [-0.3, -0.25) is 0 Å². The standard InChI is InChI=1S/C44H78O29/c1-16-31(50)41(60)38(57)26(69-16)11-64-7-18-23(3-46)71-28(37(56)33(18)52)13-66-9-20-25(5-48)73-44(43(62)35(20)54)68-15-30-40(59)42(61)39(58)29(72-30)14-65-8-19-24(4-47)70-27(36(55)34(19)53)12-63-6-17-22(2-45)67-10-21(49)32(17)51/h16-62H,2-15H2,1H3. The predicted octanol–water partition coefficient (Wildman–Crippen LogP) is -11.2. The van der Waals surface area contributed by atoms with Gasteiger partial charge in [-0.2, -0.15) is 0 Å². The lowest BCUT2D eigenvalue weighted by atomic mass is 9.87. The molecule has 0 bridgehead atoms. The van der Waals surface area contributed by atoms with E-state index in [1.54, 1.807) is 0 Å². The summed E-state index contributed by atoms with van der Waals surface area (Å²) in [6.45, 7) is -4.43. The molecule has 29 unspecified atom stereocenters. The van der Waals surface area contributed by atoms with E-state index in [1.165, 1.54) is 6.92 Å². The number of hydrogen-bond donors (Lipinski definition) is 18. The van der Waals surface area contributed by atoms with Crippen molar-refractivity contribution < 1.29 is 144 Å². The van der Waals surface area contributed by atoms with E-state index >= 15 is 0 Å². The number of hydrogen-bond acceptors (Lipinski definition) is 29. The third-order valence-corrected chi connectivity index (χ3v) is 14.9. The molecule has 0 aromatic rings. The number of rotatable bonds is 23. The molecule has 6 aliphatic heterocycles. The van der Waals surface area contributed by atoms with Crippen molar-refractivity contribution in [3.05, 3.63) is 0 Å². The molecular weight excluding hydrogens is 992 g/mol. The summed E-state index contributed by atoms with van der Waals surface area (Å²) < 4.78 is 62.3. The summed E-state index contributed by atoms with van der Waals surface area (Å²) in [5.74, 6) is -3.94. The fourth-order valence-electron chi connectivity index (χ4n) is 10.1. The molecule has 0 aromatic carbocycles. The summed E-state index contributed by atoms with van der Waals surface area (Å²) in [5.41, 5.74) is 0. The van der Waals surface area contributed by atoms with Gasteiger partial charge in [0.25, 0.3) is 0 Å². The van der Waals surface area contributed by atoms with Crippen molar-refractivity contribution in [2.24, 2.45) is 23.7 Å². The fraction of sp³-hybridized carbons (Fsp3) is 1.00. The van der Waals surface area contributed by atoms with E-state index in [2.05, 4.69) is 0 Å². The Morgan fingerprint density at radius 2 is 0.644 bits per heavy atom. The van der Waals surface area contributed by atoms with Crippen LogP contribution >= 0.6 is 0 Å². The second-order valence-corrected chi connectivity index (χ2v) is 19.7. The van der Waals surface area contributed by atoms with Crippen molar-refractivity contribution in [3.8, 4) is 0 Å². The highest BCUT2D eigenvalue weighted by atomic mass is 16.7. The molecule has 0 aliphatic carbocycles. The van der Waals surface area contributed by atoms with Gasteiger partial charge in [-0.1, -0.05) is 0 Å². The smallest absolute Gasteiger partial charge is 0.186 e. The third kappa shape index (κ3) is 14.4. The number of aliphatic hydroxyl groups is 18. The molecule has 0 amide bonds. The lowest BCUT2D eigenvalue weighted by Crippen LogP contribution is -2.61. The molecule has 73 heavy (non-hydrogen) atoms. The summed E-state index contributed by atoms with van der Waals surface area (Å²) >= 11 is 0. The van der Waals surface area contributed by atoms with Crippen molar-refractivity contribution >= 4 is 0 Å². The van der Waals surface area contributed by atoms with Crippen LogP contribution in [0.25, 0.3) is 0 Å². The summed E-state index contributed by atoms with van der Waals surface area (Å²) in [4.78, 5) is 0. The Balaban J connectivity index is 0.934. The van der Waals surface area contributed by atoms with Crippen molar-refractivity contribution in [3.63, 3.8) is 0 Å². The lowest BCUT2D eigenvalue weighted by molar-refractivity contribution is -0.311. The summed E-state index contributed by atoms with van der Waals surface area (Å²) in [5, 5.41) is 189. The highest BCUT2D eigenvalue weighted by Gasteiger charge is 2.51. The minimum absolute atomic E-state index is 0.182. The molecule has 6 rings (SSSR count). The van der Waals surface area contributed by atoms with Crippen LogP contribution in [0.15, 0.2) is 0 Å². The summed E-state index contributed by atoms with van der Waals surface area (Å²) in [6.07, 6.45) is -34.5. The Bertz CT molecular complexity index is 1590. The molecule has 0 radical (unpaired) electrons. The van der Waals surface area contributed by atoms with Gasteiger partial charge in [-0.05, 0) is 6.92 Å². The molecule has 6 aliphatic rings. The third-order valence-electron chi connectivity index (χ3n) is 14.9. The van der Waals surface area contributed by atoms with E-state index in [9.17, 15) is 91.9 Å². The van der Waals surface area contributed by atoms with Gasteiger partial charge in [-0.25, -0.2) is 0 Å². The minimum atomic E-state index is -1.81. The SMILES string of the molecule is CC1OC(COCC2C(CO)OC(COCC3C(CO)OC(OCC4OC(COCC5C(CO)OC(COCC6C(CO)OCC(O)C6O)C(O)C5O)C(O)C(O)C4O)C(O)C3O)C(O)C2O)C(O)C(O)C1O. The maximum Gasteiger partial charge on any atom is 0.186 e. The van der Waals surface area contributed by atoms with E-state index in [4.69, 9.17) is 52.1 Å². The zero-order valence-electron chi connectivity index (χ0n) is 40.2. The maximum atomic E-state index is 11.1. The van der Waals surface area contributed by atoms with Crippen LogP contribution in [-0.2, 0) is 52.1 Å². The molecule has 428 valence electrons. The van der Waals surface area contributed by atoms with E-state index < -0.39 is 229 Å². The fourth-order valence-corrected chi connectivity index (χ4v) is 10.1. The molecule has 18 N–H and O–H groups in total. The van der Waals surface area contributed by atoms with Crippen molar-refractivity contribution in [2.45, 2.75) is 160 Å². The van der Waals surface area contributed by atoms with Gasteiger partial charge in [0.1, 0.15) is 91.6 Å². The largest absolute Gasteiger partial charge is 0.394 e. The van der Waals surface area contributed by atoms with Gasteiger partial charge in [0.05, 0.1) is 147 Å². The van der Waals surface area contributed by atoms with Crippen molar-refractivity contribution in [2.75, 3.05) is 92.5 Å². The first-order valence-electron chi connectivity index (χ1n) is 24.6. The number of ether oxygens (including phenoxy) is 11. The lowest BCUT2D eigenvalue weighted by Gasteiger charge is -2.45. The second kappa shape index (κ2) is 28.1. The highest BCUT2D eigenvalue weighted by molar-refractivity contribution is 4.97. The Kier molecular flexibility index (Phi) is 23.5. The molecular formula is C44H78O29. The quantitative estimate of drug-likeness (QED) is 0.0452. The zero-order valence-corrected chi connectivity index (χ0v) is 40.2. The van der Waals surface area contributed by atoms with Crippen molar-refractivity contribution in [1.29, 1.82) is 0 Å². The molecule has 6 saturated heterocycles. The van der Waals surface area contributed by atoms with Crippen LogP contribution in [0.5, 0.6) is 0 Å². The average molecular weight is 1070 g/mol. The Labute approximate surface area is 419 Å². The maximum absolute atomic E-state index is 11.1. The minimum Gasteiger partial charge on any atom is -0.394 e. The molecule has 0 aromatic heterocycles. The molecule has 0 saturated carbocycles. The molecule has 0 spiro atoms. The van der Waals surface area contributed by atoms with Crippen LogP contribution < -0.4 is 0 Å². The summed E-state index contributed by atoms with van der Waals surface area (Å²) in [7, 11) is 0. The van der Waals surface area contributed by atoms with Crippen LogP contribution in [0.4, 0.5) is 0 Å². The van der Waals surface area contributed by atoms with Gasteiger partial charge < -0.3 is 144 Å². The average Bonchev–Trinajstić information content (AvgIpc) is 3.38. The van der Waals surface area contributed by atoms with E-state index in [-0.39, 0.29) is 39.6 Å². The Morgan fingerprint density at radius 3 is 1.07 bits per heavy atom. The Hall–Kier alpha value is -1.16. The second-order valence-electron chi connectivity index (χ2n) is 19.7. The normalized spacial score (nSPS) is 48.9. The van der Waals surface area contributed by atoms with Crippen LogP contribution in [0, 0.1) is 23.7 Å². The van der Waals surface area contributed by atoms with Gasteiger partial charge >= 0.3 is 0 Å². The van der Waals surface area contributed by atoms with Gasteiger partial charge in [-0.15, -0.1) is 0 Å². The van der Waals surface area contributed by atoms with E-state index in [0.29, 0.717) is 0 Å². The van der Waals surface area contributed by atoms with E-state index in [0.717, 1.165) is 0 Å². The Morgan fingerprint density at radius 1 is 0.315 bits per heavy atom. The van der Waals surface area contributed by atoms with Crippen molar-refractivity contribution in [1.82, 2.24) is 0 Å². The van der Waals surface area contributed by atoms with Gasteiger partial charge in [0, 0.05) is 23.7 Å².